The van der Waals surface area contributed by atoms with E-state index < -0.39 is 18.2 Å². The molecule has 1 aliphatic carbocycles. The van der Waals surface area contributed by atoms with Gasteiger partial charge in [0.25, 0.3) is 5.91 Å². The van der Waals surface area contributed by atoms with Crippen LogP contribution in [0.25, 0.3) is 0 Å². The van der Waals surface area contributed by atoms with E-state index in [0.29, 0.717) is 42.4 Å². The molecule has 7 nitrogen and oxygen atoms in total. The highest BCUT2D eigenvalue weighted by atomic mass is 16.5. The van der Waals surface area contributed by atoms with Gasteiger partial charge in [0.2, 0.25) is 0 Å². The van der Waals surface area contributed by atoms with E-state index in [9.17, 15) is 15.0 Å². The van der Waals surface area contributed by atoms with Gasteiger partial charge in [-0.3, -0.25) is 9.78 Å². The number of hydrogen-bond donors (Lipinski definition) is 3. The highest BCUT2D eigenvalue weighted by Crippen LogP contribution is 2.31. The second-order valence-corrected chi connectivity index (χ2v) is 10.7. The number of nitrogens with zero attached hydrogens (tertiary/aromatic N) is 1. The molecule has 1 aromatic heterocycles. The predicted octanol–water partition coefficient (Wildman–Crippen LogP) is 4.94. The molecular formula is C30H44N2O5. The maximum absolute atomic E-state index is 13.6. The number of ether oxygens (including phenoxy) is 2. The summed E-state index contributed by atoms with van der Waals surface area (Å²) in [4.78, 5) is 17.8. The van der Waals surface area contributed by atoms with Gasteiger partial charge < -0.3 is 25.0 Å². The molecule has 37 heavy (non-hydrogen) atoms. The van der Waals surface area contributed by atoms with Crippen molar-refractivity contribution in [3.8, 4) is 11.5 Å². The van der Waals surface area contributed by atoms with Gasteiger partial charge in [-0.15, -0.1) is 0 Å². The Morgan fingerprint density at radius 2 is 1.86 bits per heavy atom. The monoisotopic (exact) mass is 512 g/mol. The van der Waals surface area contributed by atoms with Gasteiger partial charge in [0.05, 0.1) is 25.9 Å². The molecule has 3 rings (SSSR count). The second kappa shape index (κ2) is 14.9. The molecule has 1 amide bonds. The molecular weight excluding hydrogens is 468 g/mol. The maximum atomic E-state index is 13.6. The van der Waals surface area contributed by atoms with Gasteiger partial charge >= 0.3 is 0 Å². The molecule has 2 aromatic rings. The number of pyridine rings is 1. The zero-order chi connectivity index (χ0) is 26.6. The summed E-state index contributed by atoms with van der Waals surface area (Å²) in [7, 11) is 1.53. The van der Waals surface area contributed by atoms with E-state index in [1.54, 1.807) is 24.4 Å². The number of rotatable bonds is 14. The third-order valence-corrected chi connectivity index (χ3v) is 7.17. The van der Waals surface area contributed by atoms with Gasteiger partial charge in [0.1, 0.15) is 23.2 Å². The largest absolute Gasteiger partial charge is 0.496 e. The highest BCUT2D eigenvalue weighted by Gasteiger charge is 2.32. The molecule has 1 fully saturated rings. The van der Waals surface area contributed by atoms with Crippen LogP contribution in [0.2, 0.25) is 0 Å². The minimum atomic E-state index is -1.05. The van der Waals surface area contributed by atoms with E-state index in [2.05, 4.69) is 10.3 Å². The molecule has 1 aliphatic rings. The summed E-state index contributed by atoms with van der Waals surface area (Å²) >= 11 is 0. The van der Waals surface area contributed by atoms with Crippen molar-refractivity contribution in [1.29, 1.82) is 0 Å². The van der Waals surface area contributed by atoms with E-state index in [4.69, 9.17) is 9.47 Å². The molecule has 204 valence electrons. The number of aliphatic hydroxyl groups is 2. The van der Waals surface area contributed by atoms with Crippen molar-refractivity contribution in [2.75, 3.05) is 13.7 Å². The van der Waals surface area contributed by atoms with Crippen molar-refractivity contribution >= 4 is 5.91 Å². The Morgan fingerprint density at radius 1 is 1.11 bits per heavy atom. The van der Waals surface area contributed by atoms with Crippen molar-refractivity contribution in [2.24, 2.45) is 11.8 Å². The SMILES string of the molecule is COc1cccc(OCCCc2cccnc2)c1C(=O)N[C@@H](CC1CCCCC1)[C@@H](O)[C@@H](O)CC(C)C. The van der Waals surface area contributed by atoms with Gasteiger partial charge in [-0.05, 0) is 61.3 Å². The van der Waals surface area contributed by atoms with E-state index in [-0.39, 0.29) is 11.8 Å². The Labute approximate surface area is 221 Å². The first-order valence-corrected chi connectivity index (χ1v) is 13.7. The third-order valence-electron chi connectivity index (χ3n) is 7.17. The summed E-state index contributed by atoms with van der Waals surface area (Å²) in [6.45, 7) is 4.46. The van der Waals surface area contributed by atoms with Crippen LogP contribution in [-0.4, -0.2) is 53.1 Å². The number of methoxy groups -OCH3 is 1. The number of nitrogens with one attached hydrogen (secondary N) is 1. The topological polar surface area (TPSA) is 101 Å². The second-order valence-electron chi connectivity index (χ2n) is 10.7. The molecule has 7 heteroatoms. The number of aliphatic hydroxyl groups excluding tert-OH is 2. The van der Waals surface area contributed by atoms with Crippen molar-refractivity contribution in [3.63, 3.8) is 0 Å². The standard InChI is InChI=1S/C30H44N2O5/c1-21(2)18-25(33)29(34)24(19-22-10-5-4-6-11-22)32-30(35)28-26(36-3)14-7-15-27(28)37-17-9-13-23-12-8-16-31-20-23/h7-8,12,14-16,20-22,24-25,29,33-34H,4-6,9-11,13,17-19H2,1-3H3,(H,32,35)/t24-,25-,29+/m0/s1. The number of carbonyl (C=O) groups excluding carboxylic acids is 1. The Hall–Kier alpha value is -2.64. The molecule has 0 spiro atoms. The number of aromatic nitrogens is 1. The zero-order valence-corrected chi connectivity index (χ0v) is 22.6. The summed E-state index contributed by atoms with van der Waals surface area (Å²) in [6, 6.07) is 8.68. The zero-order valence-electron chi connectivity index (χ0n) is 22.6. The Morgan fingerprint density at radius 3 is 2.54 bits per heavy atom. The number of aryl methyl sites for hydroxylation is 1. The van der Waals surface area contributed by atoms with E-state index in [1.165, 1.54) is 26.4 Å². The normalized spacial score (nSPS) is 16.7. The number of hydrogen-bond acceptors (Lipinski definition) is 6. The van der Waals surface area contributed by atoms with Gasteiger partial charge in [0, 0.05) is 12.4 Å². The lowest BCUT2D eigenvalue weighted by Crippen LogP contribution is -2.50. The van der Waals surface area contributed by atoms with Crippen LogP contribution < -0.4 is 14.8 Å². The van der Waals surface area contributed by atoms with Crippen LogP contribution in [0, 0.1) is 11.8 Å². The van der Waals surface area contributed by atoms with Crippen molar-refractivity contribution < 1.29 is 24.5 Å². The Bertz CT molecular complexity index is 946. The molecule has 1 saturated carbocycles. The molecule has 0 saturated heterocycles. The highest BCUT2D eigenvalue weighted by molar-refractivity contribution is 6.00. The molecule has 3 atom stereocenters. The smallest absolute Gasteiger partial charge is 0.259 e. The number of amides is 1. The van der Waals surface area contributed by atoms with Crippen LogP contribution in [-0.2, 0) is 6.42 Å². The Kier molecular flexibility index (Phi) is 11.7. The summed E-state index contributed by atoms with van der Waals surface area (Å²) < 4.78 is 11.6. The van der Waals surface area contributed by atoms with Crippen LogP contribution in [0.4, 0.5) is 0 Å². The summed E-state index contributed by atoms with van der Waals surface area (Å²) in [6.07, 6.45) is 10.1. The summed E-state index contributed by atoms with van der Waals surface area (Å²) in [5.41, 5.74) is 1.44. The number of benzene rings is 1. The average molecular weight is 513 g/mol. The summed E-state index contributed by atoms with van der Waals surface area (Å²) in [5, 5.41) is 24.9. The average Bonchev–Trinajstić information content (AvgIpc) is 2.90. The first-order valence-electron chi connectivity index (χ1n) is 13.7. The quantitative estimate of drug-likeness (QED) is 0.310. The van der Waals surface area contributed by atoms with Crippen molar-refractivity contribution in [2.45, 2.75) is 89.9 Å². The van der Waals surface area contributed by atoms with Crippen LogP contribution in [0.3, 0.4) is 0 Å². The van der Waals surface area contributed by atoms with Gasteiger partial charge in [0.15, 0.2) is 0 Å². The fourth-order valence-electron chi connectivity index (χ4n) is 5.23. The fraction of sp³-hybridized carbons (Fsp3) is 0.600. The van der Waals surface area contributed by atoms with E-state index in [1.807, 2.05) is 32.2 Å². The molecule has 0 aliphatic heterocycles. The van der Waals surface area contributed by atoms with E-state index >= 15 is 0 Å². The van der Waals surface area contributed by atoms with Crippen LogP contribution in [0.5, 0.6) is 11.5 Å². The van der Waals surface area contributed by atoms with E-state index in [0.717, 1.165) is 31.2 Å². The van der Waals surface area contributed by atoms with Crippen LogP contribution >= 0.6 is 0 Å². The first kappa shape index (κ1) is 28.9. The van der Waals surface area contributed by atoms with Gasteiger partial charge in [-0.25, -0.2) is 0 Å². The molecule has 0 radical (unpaired) electrons. The number of carbonyl (C=O) groups is 1. The molecule has 0 unspecified atom stereocenters. The molecule has 0 bridgehead atoms. The van der Waals surface area contributed by atoms with Crippen molar-refractivity contribution in [3.05, 3.63) is 53.9 Å². The minimum Gasteiger partial charge on any atom is -0.496 e. The fourth-order valence-corrected chi connectivity index (χ4v) is 5.23. The maximum Gasteiger partial charge on any atom is 0.259 e. The summed E-state index contributed by atoms with van der Waals surface area (Å²) in [5.74, 6) is 1.14. The lowest BCUT2D eigenvalue weighted by Gasteiger charge is -2.33. The molecule has 1 heterocycles. The minimum absolute atomic E-state index is 0.233. The van der Waals surface area contributed by atoms with Crippen LogP contribution in [0.1, 0.15) is 81.1 Å². The van der Waals surface area contributed by atoms with Gasteiger partial charge in [-0.1, -0.05) is 58.1 Å². The Balaban J connectivity index is 1.73. The predicted molar refractivity (Wildman–Crippen MR) is 145 cm³/mol. The van der Waals surface area contributed by atoms with Gasteiger partial charge in [-0.2, -0.15) is 0 Å². The third kappa shape index (κ3) is 9.00. The first-order chi connectivity index (χ1) is 17.9. The molecule has 3 N–H and O–H groups in total. The van der Waals surface area contributed by atoms with Crippen molar-refractivity contribution in [1.82, 2.24) is 10.3 Å². The lowest BCUT2D eigenvalue weighted by molar-refractivity contribution is -0.0186. The molecule has 1 aromatic carbocycles. The lowest BCUT2D eigenvalue weighted by atomic mass is 9.82. The van der Waals surface area contributed by atoms with Crippen LogP contribution in [0.15, 0.2) is 42.7 Å².